The first-order chi connectivity index (χ1) is 60.2. The van der Waals surface area contributed by atoms with Crippen molar-refractivity contribution in [2.24, 2.45) is 0 Å². The number of nitrogens with two attached hydrogens (primary N) is 6. The molecule has 15 rings (SSSR count). The molecule has 26 nitrogen and oxygen atoms in total. The number of hydrogen-bond donors (Lipinski definition) is 6. The number of nitrogens with zero attached hydrogens (tertiary/aromatic N) is 10. The van der Waals surface area contributed by atoms with E-state index in [-0.39, 0.29) is 121 Å². The smallest absolute Gasteiger partial charge is 0.202 e. The summed E-state index contributed by atoms with van der Waals surface area (Å²) in [6, 6.07) is 8.82. The Kier molecular flexibility index (Phi) is 26.2. The summed E-state index contributed by atoms with van der Waals surface area (Å²) in [5.41, 5.74) is 27.1. The quantitative estimate of drug-likeness (QED) is 0.0421. The van der Waals surface area contributed by atoms with Crippen LogP contribution in [0.3, 0.4) is 0 Å². The summed E-state index contributed by atoms with van der Waals surface area (Å²) in [5.74, 6) is -21.4. The minimum atomic E-state index is -1.14. The third kappa shape index (κ3) is 17.5. The minimum absolute atomic E-state index is 0.00882. The van der Waals surface area contributed by atoms with E-state index < -0.39 is 206 Å². The number of benzene rings is 5. The van der Waals surface area contributed by atoms with E-state index in [9.17, 15) is 114 Å². The molecule has 0 spiro atoms. The van der Waals surface area contributed by atoms with Gasteiger partial charge in [0, 0.05) is 77.8 Å². The number of carbonyl (C=O) groups excluding carboxylic acids is 5. The molecule has 10 heterocycles. The van der Waals surface area contributed by atoms with E-state index in [4.69, 9.17) is 57.6 Å². The Balaban J connectivity index is 0.000000156. The summed E-state index contributed by atoms with van der Waals surface area (Å²) in [4.78, 5) is 140. The minimum Gasteiger partial charge on any atom is -0.396 e. The lowest BCUT2D eigenvalue weighted by molar-refractivity contribution is 0.100. The average molecular weight is 1830 g/mol. The predicted molar refractivity (Wildman–Crippen MR) is 451 cm³/mol. The monoisotopic (exact) mass is 1830 g/mol. The van der Waals surface area contributed by atoms with Gasteiger partial charge in [-0.1, -0.05) is 23.2 Å². The Labute approximate surface area is 722 Å². The predicted octanol–water partition coefficient (Wildman–Crippen LogP) is 15.7. The van der Waals surface area contributed by atoms with Gasteiger partial charge in [-0.15, -0.1) is 0 Å². The third-order valence-corrected chi connectivity index (χ3v) is 21.0. The van der Waals surface area contributed by atoms with Crippen LogP contribution < -0.4 is 61.5 Å². The number of halogens is 17. The van der Waals surface area contributed by atoms with Crippen LogP contribution in [0.5, 0.6) is 0 Å². The van der Waals surface area contributed by atoms with E-state index in [0.29, 0.717) is 35.9 Å². The normalized spacial score (nSPS) is 11.1. The highest BCUT2D eigenvalue weighted by Crippen LogP contribution is 2.38. The first kappa shape index (κ1) is 94.3. The number of Topliss-reactive ketones (excluding diaryl/α,β-unsaturated/α-hetero) is 5. The molecule has 0 fully saturated rings. The molecule has 0 bridgehead atoms. The number of fused-ring (bicyclic) bond motifs is 5. The molecule has 43 heteroatoms. The molecular formula is C86H61Cl2F15N16O10. The number of aromatic nitrogens is 10. The van der Waals surface area contributed by atoms with Gasteiger partial charge in [0.25, 0.3) is 0 Å². The van der Waals surface area contributed by atoms with Crippen LogP contribution in [0.4, 0.5) is 101 Å². The van der Waals surface area contributed by atoms with Gasteiger partial charge in [-0.3, -0.25) is 66.2 Å². The molecule has 15 aromatic rings. The Bertz CT molecular complexity index is 7480. The largest absolute Gasteiger partial charge is 0.396 e. The highest BCUT2D eigenvalue weighted by Gasteiger charge is 2.30. The Morgan fingerprint density at radius 3 is 1.10 bits per heavy atom. The molecule has 664 valence electrons. The number of carbonyl (C=O) groups is 5. The first-order valence-corrected chi connectivity index (χ1v) is 37.5. The summed E-state index contributed by atoms with van der Waals surface area (Å²) < 4.78 is 214. The van der Waals surface area contributed by atoms with E-state index in [1.54, 1.807) is 6.92 Å². The lowest BCUT2D eigenvalue weighted by atomic mass is 10.0. The number of anilines is 6. The van der Waals surface area contributed by atoms with E-state index in [1.807, 2.05) is 0 Å². The average Bonchev–Trinajstić information content (AvgIpc) is 0.748. The van der Waals surface area contributed by atoms with Crippen molar-refractivity contribution in [2.45, 2.75) is 76.2 Å². The molecule has 0 saturated carbocycles. The molecule has 0 radical (unpaired) electrons. The van der Waals surface area contributed by atoms with Gasteiger partial charge in [0.1, 0.15) is 40.6 Å². The molecule has 12 N–H and O–H groups in total. The molecule has 0 saturated heterocycles. The van der Waals surface area contributed by atoms with Crippen molar-refractivity contribution in [3.8, 4) is 29.0 Å². The van der Waals surface area contributed by atoms with Crippen LogP contribution in [-0.4, -0.2) is 76.7 Å². The maximum Gasteiger partial charge on any atom is 0.202 e. The van der Waals surface area contributed by atoms with Gasteiger partial charge in [-0.25, -0.2) is 90.8 Å². The zero-order chi connectivity index (χ0) is 95.8. The summed E-state index contributed by atoms with van der Waals surface area (Å²) in [6.07, 6.45) is 5.30. The van der Waals surface area contributed by atoms with Gasteiger partial charge in [-0.2, -0.15) is 0 Å². The Morgan fingerprint density at radius 1 is 0.310 bits per heavy atom. The van der Waals surface area contributed by atoms with Gasteiger partial charge in [0.05, 0.1) is 104 Å². The Hall–Kier alpha value is -15.4. The van der Waals surface area contributed by atoms with Crippen LogP contribution in [-0.2, 0) is 0 Å². The van der Waals surface area contributed by atoms with Crippen LogP contribution in [0.25, 0.3) is 83.6 Å². The second-order valence-corrected chi connectivity index (χ2v) is 29.3. The maximum atomic E-state index is 14.4. The molecule has 10 aromatic heterocycles. The van der Waals surface area contributed by atoms with Gasteiger partial charge in [0.2, 0.25) is 10.9 Å². The van der Waals surface area contributed by atoms with Crippen molar-refractivity contribution < 1.29 is 89.8 Å². The molecule has 0 aliphatic heterocycles. The lowest BCUT2D eigenvalue weighted by Crippen LogP contribution is -2.21. The first-order valence-electron chi connectivity index (χ1n) is 36.8. The SMILES string of the molecule is CC(=O)c1cn(-c2cc(N)c(F)cc2F)c2c(Cl)c(C)c(F)cc2c1=O.CC(=O)c1cn(-c2nc(N)c(F)cc2F)c2c(C)c(C)c(F)cc2c1=O.CC(=O)c1cn(-c2nc(N)c(F)cc2F)c2c(Cl)c(C)c(F)c(N)c2c1=O.CC(=O)c1cn(-c2nc(N)c(F)cc2F)c2cc(C)c(F)cc2c1=O.CC(=O)c1cn(-c2nc(N)c(F)cc2F)c2nc(C)c(F)cc2c1=O. The zero-order valence-corrected chi connectivity index (χ0v) is 69.7. The van der Waals surface area contributed by atoms with Crippen LogP contribution in [0, 0.1) is 129 Å². The van der Waals surface area contributed by atoms with Gasteiger partial charge < -0.3 is 39.0 Å². The fraction of sp³-hybridized carbons (Fsp3) is 0.128. The number of nitrogen functional groups attached to an aromatic ring is 6. The highest BCUT2D eigenvalue weighted by molar-refractivity contribution is 6.37. The third-order valence-electron chi connectivity index (χ3n) is 20.1. The molecule has 0 aliphatic rings. The van der Waals surface area contributed by atoms with Crippen LogP contribution in [0.1, 0.15) is 120 Å². The van der Waals surface area contributed by atoms with Gasteiger partial charge in [0.15, 0.2) is 144 Å². The second kappa shape index (κ2) is 35.9. The highest BCUT2D eigenvalue weighted by atomic mass is 35.5. The van der Waals surface area contributed by atoms with E-state index in [0.717, 1.165) is 119 Å². The van der Waals surface area contributed by atoms with Crippen molar-refractivity contribution >= 4 is 141 Å². The van der Waals surface area contributed by atoms with Gasteiger partial charge >= 0.3 is 0 Å². The molecule has 0 aliphatic carbocycles. The van der Waals surface area contributed by atoms with Crippen molar-refractivity contribution in [1.82, 2.24) is 47.8 Å². The topological polar surface area (TPSA) is 416 Å². The van der Waals surface area contributed by atoms with E-state index in [2.05, 4.69) is 24.9 Å². The van der Waals surface area contributed by atoms with Gasteiger partial charge in [-0.05, 0) is 129 Å². The van der Waals surface area contributed by atoms with Crippen LogP contribution in [0.15, 0.2) is 122 Å². The maximum absolute atomic E-state index is 14.4. The summed E-state index contributed by atoms with van der Waals surface area (Å²) in [5, 5.41) is -1.46. The van der Waals surface area contributed by atoms with Crippen LogP contribution in [0.2, 0.25) is 10.0 Å². The zero-order valence-electron chi connectivity index (χ0n) is 68.2. The fourth-order valence-corrected chi connectivity index (χ4v) is 13.6. The number of ketones is 5. The molecular weight excluding hydrogens is 1770 g/mol. The Morgan fingerprint density at radius 2 is 0.651 bits per heavy atom. The number of rotatable bonds is 10. The lowest BCUT2D eigenvalue weighted by Gasteiger charge is -2.17. The summed E-state index contributed by atoms with van der Waals surface area (Å²) in [7, 11) is 0. The molecule has 5 aromatic carbocycles. The standard InChI is InChI=1S/C18H12ClF3N2O2.C18H14F3N3O2.C17H12ClF3N4O2.C17H12F3N3O2.C16H11F3N4O2/c1-7-11(20)3-9-17(16(7)19)24(6-10(8(2)25)18(9)26)15-5-14(23)12(21)4-13(15)22;1-7-8(2)15-10(4-12(7)19)16(26)11(9(3)25)6-24(15)18-14(21)5-13(20)17(22)23-18;1-5-11(18)14-10(13(22)12(5)21)15(27)7(6(2)26)4-25(14)17-9(20)3-8(19)16(23)24-17;1-7-3-14-9(4-11(7)18)15(25)10(8(2)24)6-23(14)17-13(20)5-12(19)16(21)22-17;1-6-10(17)3-8-13(25)9(7(2)24)5-23(15(8)21-6)16-12(19)4-11(18)14(20)22-16/h3-6H,23H2,1-2H3;4-6H,1-3H3,(H2,22,23);3-4H,22H2,1-2H3,(H2,23,24);3-6H,1-2H3,(H2,21,22);3-5H,1-2H3,(H2,20,22). The van der Waals surface area contributed by atoms with Crippen molar-refractivity contribution in [3.05, 3.63) is 307 Å². The van der Waals surface area contributed by atoms with E-state index in [1.165, 1.54) is 40.7 Å². The fourth-order valence-electron chi connectivity index (χ4n) is 13.1. The van der Waals surface area contributed by atoms with Crippen molar-refractivity contribution in [1.29, 1.82) is 0 Å². The molecule has 0 amide bonds. The van der Waals surface area contributed by atoms with Crippen molar-refractivity contribution in [2.75, 3.05) is 34.4 Å². The molecule has 0 unspecified atom stereocenters. The van der Waals surface area contributed by atoms with Crippen LogP contribution >= 0.6 is 23.2 Å². The second-order valence-electron chi connectivity index (χ2n) is 28.6. The summed E-state index contributed by atoms with van der Waals surface area (Å²) in [6.45, 7) is 14.3. The summed E-state index contributed by atoms with van der Waals surface area (Å²) >= 11 is 12.4. The molecule has 129 heavy (non-hydrogen) atoms. The number of pyridine rings is 10. The number of aryl methyl sites for hydroxylation is 3. The number of hydrogen-bond acceptors (Lipinski definition) is 21. The molecule has 0 atom stereocenters. The van der Waals surface area contributed by atoms with E-state index >= 15 is 0 Å². The van der Waals surface area contributed by atoms with Crippen molar-refractivity contribution in [3.63, 3.8) is 0 Å².